The highest BCUT2D eigenvalue weighted by Gasteiger charge is 2.32. The molecule has 0 fully saturated rings. The molecule has 1 unspecified atom stereocenters. The summed E-state index contributed by atoms with van der Waals surface area (Å²) in [6.07, 6.45) is 6.42. The van der Waals surface area contributed by atoms with Crippen LogP contribution in [0.3, 0.4) is 0 Å². The summed E-state index contributed by atoms with van der Waals surface area (Å²) in [6, 6.07) is 5.20. The minimum Gasteiger partial charge on any atom is -0.486 e. The molecule has 1 N–H and O–H groups in total. The highest BCUT2D eigenvalue weighted by atomic mass is 19.1. The molecule has 0 bridgehead atoms. The Kier molecular flexibility index (Phi) is 4.19. The Hall–Kier alpha value is -3.75. The Bertz CT molecular complexity index is 1100. The van der Waals surface area contributed by atoms with E-state index in [1.165, 1.54) is 6.26 Å². The van der Waals surface area contributed by atoms with E-state index in [1.54, 1.807) is 30.4 Å². The number of nitrogens with one attached hydrogen (secondary N) is 1. The van der Waals surface area contributed by atoms with Gasteiger partial charge in [-0.05, 0) is 18.2 Å². The molecule has 0 amide bonds. The summed E-state index contributed by atoms with van der Waals surface area (Å²) in [7, 11) is 0. The van der Waals surface area contributed by atoms with Gasteiger partial charge in [-0.3, -0.25) is 4.79 Å². The van der Waals surface area contributed by atoms with Gasteiger partial charge in [-0.2, -0.15) is 4.98 Å². The Morgan fingerprint density at radius 2 is 2.03 bits per heavy atom. The van der Waals surface area contributed by atoms with Crippen molar-refractivity contribution in [3.63, 3.8) is 0 Å². The lowest BCUT2D eigenvalue weighted by Crippen LogP contribution is -2.18. The lowest BCUT2D eigenvalue weighted by molar-refractivity contribution is -0.138. The predicted octanol–water partition coefficient (Wildman–Crippen LogP) is 3.22. The van der Waals surface area contributed by atoms with Gasteiger partial charge in [0.1, 0.15) is 13.2 Å². The molecule has 0 spiro atoms. The lowest BCUT2D eigenvalue weighted by atomic mass is 9.90. The third-order valence-corrected chi connectivity index (χ3v) is 4.66. The van der Waals surface area contributed by atoms with Crippen LogP contribution in [-0.4, -0.2) is 34.9 Å². The number of ether oxygens (including phenoxy) is 3. The van der Waals surface area contributed by atoms with E-state index in [-0.39, 0.29) is 23.7 Å². The van der Waals surface area contributed by atoms with Crippen LogP contribution in [0.25, 0.3) is 0 Å². The standard InChI is InChI=1S/C20H15FN4O4/c21-15-9-22-20(24-12-2-1-11-10-29-19(26)14(11)7-12)25-18(15)23-13-3-4-16-17(8-13)28-6-5-27-16/h1-4,8-10,14H,5-7H2,(H,22,23,25). The SMILES string of the molecule is O=C1OC=C2C=CC(=Nc3ncc(F)c(Nc4ccc5c(c4)OCCO5)n3)CC12. The van der Waals surface area contributed by atoms with Crippen molar-refractivity contribution in [2.24, 2.45) is 10.9 Å². The number of cyclic esters (lactones) is 1. The number of allylic oxidation sites excluding steroid dienone is 2. The van der Waals surface area contributed by atoms with Crippen LogP contribution in [0.2, 0.25) is 0 Å². The molecule has 1 aromatic carbocycles. The molecular formula is C20H15FN4O4. The number of halogens is 1. The molecule has 29 heavy (non-hydrogen) atoms. The second kappa shape index (κ2) is 7.01. The zero-order chi connectivity index (χ0) is 19.8. The van der Waals surface area contributed by atoms with E-state index < -0.39 is 5.82 Å². The first-order valence-corrected chi connectivity index (χ1v) is 9.01. The number of anilines is 2. The summed E-state index contributed by atoms with van der Waals surface area (Å²) in [6.45, 7) is 0.952. The first-order chi connectivity index (χ1) is 14.2. The summed E-state index contributed by atoms with van der Waals surface area (Å²) in [5, 5.41) is 2.91. The number of hydrogen-bond donors (Lipinski definition) is 1. The summed E-state index contributed by atoms with van der Waals surface area (Å²) < 4.78 is 30.2. The Balaban J connectivity index is 1.39. The van der Waals surface area contributed by atoms with Crippen molar-refractivity contribution in [2.45, 2.75) is 6.42 Å². The number of fused-ring (bicyclic) bond motifs is 2. The molecule has 3 aliphatic rings. The summed E-state index contributed by atoms with van der Waals surface area (Å²) >= 11 is 0. The van der Waals surface area contributed by atoms with Gasteiger partial charge < -0.3 is 19.5 Å². The summed E-state index contributed by atoms with van der Waals surface area (Å²) in [5.74, 6) is -0.00227. The van der Waals surface area contributed by atoms with Crippen LogP contribution >= 0.6 is 0 Å². The van der Waals surface area contributed by atoms with Gasteiger partial charge in [-0.15, -0.1) is 0 Å². The van der Waals surface area contributed by atoms with Gasteiger partial charge in [0.25, 0.3) is 5.95 Å². The molecule has 3 heterocycles. The average Bonchev–Trinajstić information content (AvgIpc) is 3.11. The number of carbonyl (C=O) groups excluding carboxylic acids is 1. The van der Waals surface area contributed by atoms with E-state index >= 15 is 0 Å². The largest absolute Gasteiger partial charge is 0.486 e. The van der Waals surface area contributed by atoms with Gasteiger partial charge in [0.2, 0.25) is 0 Å². The number of benzene rings is 1. The minimum atomic E-state index is -0.618. The quantitative estimate of drug-likeness (QED) is 0.799. The first kappa shape index (κ1) is 17.4. The van der Waals surface area contributed by atoms with Crippen molar-refractivity contribution in [3.05, 3.63) is 54.2 Å². The van der Waals surface area contributed by atoms with Crippen molar-refractivity contribution in [3.8, 4) is 11.5 Å². The van der Waals surface area contributed by atoms with Gasteiger partial charge in [0, 0.05) is 29.5 Å². The van der Waals surface area contributed by atoms with Crippen LogP contribution < -0.4 is 14.8 Å². The smallest absolute Gasteiger partial charge is 0.318 e. The Labute approximate surface area is 164 Å². The van der Waals surface area contributed by atoms with Crippen LogP contribution in [-0.2, 0) is 9.53 Å². The van der Waals surface area contributed by atoms with Crippen LogP contribution in [0.4, 0.5) is 21.8 Å². The zero-order valence-corrected chi connectivity index (χ0v) is 15.1. The molecule has 0 radical (unpaired) electrons. The van der Waals surface area contributed by atoms with E-state index in [9.17, 15) is 9.18 Å². The van der Waals surface area contributed by atoms with Gasteiger partial charge in [0.15, 0.2) is 23.1 Å². The van der Waals surface area contributed by atoms with Gasteiger partial charge in [0.05, 0.1) is 18.4 Å². The fourth-order valence-electron chi connectivity index (χ4n) is 3.22. The molecule has 1 aromatic heterocycles. The topological polar surface area (TPSA) is 94.9 Å². The second-order valence-corrected chi connectivity index (χ2v) is 6.60. The molecule has 146 valence electrons. The van der Waals surface area contributed by atoms with Crippen molar-refractivity contribution in [1.82, 2.24) is 9.97 Å². The molecule has 0 saturated carbocycles. The number of nitrogens with zero attached hydrogens (tertiary/aromatic N) is 3. The van der Waals surface area contributed by atoms with Crippen LogP contribution in [0.1, 0.15) is 6.42 Å². The molecule has 0 saturated heterocycles. The number of rotatable bonds is 3. The maximum atomic E-state index is 14.2. The summed E-state index contributed by atoms with van der Waals surface area (Å²) in [5.41, 5.74) is 2.02. The Morgan fingerprint density at radius 1 is 1.17 bits per heavy atom. The lowest BCUT2D eigenvalue weighted by Gasteiger charge is -2.19. The summed E-state index contributed by atoms with van der Waals surface area (Å²) in [4.78, 5) is 24.2. The molecule has 8 nitrogen and oxygen atoms in total. The molecule has 5 rings (SSSR count). The third-order valence-electron chi connectivity index (χ3n) is 4.66. The van der Waals surface area contributed by atoms with E-state index in [0.717, 1.165) is 11.8 Å². The van der Waals surface area contributed by atoms with Crippen molar-refractivity contribution < 1.29 is 23.4 Å². The van der Waals surface area contributed by atoms with Crippen molar-refractivity contribution in [2.75, 3.05) is 18.5 Å². The van der Waals surface area contributed by atoms with E-state index in [2.05, 4.69) is 20.3 Å². The molecular weight excluding hydrogens is 379 g/mol. The third kappa shape index (κ3) is 3.42. The molecule has 1 atom stereocenters. The minimum absolute atomic E-state index is 0.0170. The normalized spacial score (nSPS) is 20.9. The maximum Gasteiger partial charge on any atom is 0.318 e. The first-order valence-electron chi connectivity index (χ1n) is 9.01. The van der Waals surface area contributed by atoms with Gasteiger partial charge in [-0.25, -0.2) is 14.4 Å². The van der Waals surface area contributed by atoms with Crippen molar-refractivity contribution >= 4 is 29.1 Å². The number of carbonyl (C=O) groups is 1. The maximum absolute atomic E-state index is 14.2. The van der Waals surface area contributed by atoms with E-state index in [0.29, 0.717) is 42.5 Å². The average molecular weight is 394 g/mol. The molecule has 9 heteroatoms. The molecule has 1 aliphatic carbocycles. The zero-order valence-electron chi connectivity index (χ0n) is 15.1. The number of aromatic nitrogens is 2. The molecule has 2 aliphatic heterocycles. The predicted molar refractivity (Wildman–Crippen MR) is 101 cm³/mol. The fraction of sp³-hybridized carbons (Fsp3) is 0.200. The number of aliphatic imine (C=N–C) groups is 1. The van der Waals surface area contributed by atoms with Crippen LogP contribution in [0.5, 0.6) is 11.5 Å². The number of hydrogen-bond acceptors (Lipinski definition) is 8. The van der Waals surface area contributed by atoms with Crippen LogP contribution in [0.15, 0.2) is 53.4 Å². The van der Waals surface area contributed by atoms with Crippen LogP contribution in [0, 0.1) is 11.7 Å². The van der Waals surface area contributed by atoms with E-state index in [1.807, 2.05) is 0 Å². The van der Waals surface area contributed by atoms with Gasteiger partial charge in [-0.1, -0.05) is 6.08 Å². The van der Waals surface area contributed by atoms with Gasteiger partial charge >= 0.3 is 5.97 Å². The van der Waals surface area contributed by atoms with E-state index in [4.69, 9.17) is 14.2 Å². The highest BCUT2D eigenvalue weighted by molar-refractivity contribution is 6.02. The monoisotopic (exact) mass is 394 g/mol. The fourth-order valence-corrected chi connectivity index (χ4v) is 3.22. The second-order valence-electron chi connectivity index (χ2n) is 6.60. The molecule has 2 aromatic rings. The number of esters is 1. The Morgan fingerprint density at radius 3 is 2.93 bits per heavy atom. The van der Waals surface area contributed by atoms with Crippen molar-refractivity contribution in [1.29, 1.82) is 0 Å². The highest BCUT2D eigenvalue weighted by Crippen LogP contribution is 2.34.